The largest absolute Gasteiger partial charge is 0.239 e. The molecule has 0 saturated heterocycles. The van der Waals surface area contributed by atoms with Crippen LogP contribution in [-0.4, -0.2) is 4.98 Å². The molecule has 2 heteroatoms. The topological polar surface area (TPSA) is 16.8 Å². The second kappa shape index (κ2) is 4.76. The van der Waals surface area contributed by atoms with Crippen LogP contribution >= 0.6 is 0 Å². The average molecular weight is 301 g/mol. The third kappa shape index (κ3) is 1.88. The Balaban J connectivity index is 2.21. The summed E-state index contributed by atoms with van der Waals surface area (Å²) in [6.45, 7) is 9.00. The zero-order valence-corrected chi connectivity index (χ0v) is 14.1. The summed E-state index contributed by atoms with van der Waals surface area (Å²) < 4.78 is 2.37. The van der Waals surface area contributed by atoms with Crippen LogP contribution in [0.3, 0.4) is 0 Å². The van der Waals surface area contributed by atoms with Crippen LogP contribution < -0.4 is 4.57 Å². The summed E-state index contributed by atoms with van der Waals surface area (Å²) in [4.78, 5) is 5.03. The Morgan fingerprint density at radius 1 is 0.870 bits per heavy atom. The Bertz CT molecular complexity index is 950. The molecule has 0 fully saturated rings. The molecule has 0 spiro atoms. The summed E-state index contributed by atoms with van der Waals surface area (Å²) in [6, 6.07) is 19.0. The maximum atomic E-state index is 5.03. The van der Waals surface area contributed by atoms with Crippen LogP contribution in [0.25, 0.3) is 22.3 Å². The van der Waals surface area contributed by atoms with Gasteiger partial charge in [0.15, 0.2) is 0 Å². The van der Waals surface area contributed by atoms with Crippen molar-refractivity contribution in [3.8, 4) is 5.69 Å². The minimum atomic E-state index is -0.0278. The first-order valence-electron chi connectivity index (χ1n) is 8.11. The third-order valence-electron chi connectivity index (χ3n) is 5.26. The lowest BCUT2D eigenvalue weighted by molar-refractivity contribution is -0.570. The number of para-hydroxylation sites is 3. The van der Waals surface area contributed by atoms with Gasteiger partial charge in [-0.05, 0) is 19.9 Å². The number of aromatic nitrogens is 2. The first-order valence-corrected chi connectivity index (χ1v) is 8.11. The first-order chi connectivity index (χ1) is 11.0. The van der Waals surface area contributed by atoms with E-state index in [-0.39, 0.29) is 5.41 Å². The molecule has 3 aromatic rings. The zero-order valence-electron chi connectivity index (χ0n) is 14.1. The van der Waals surface area contributed by atoms with Gasteiger partial charge in [0.25, 0.3) is 0 Å². The van der Waals surface area contributed by atoms with Gasteiger partial charge in [-0.15, -0.1) is 4.57 Å². The van der Waals surface area contributed by atoms with E-state index >= 15 is 0 Å². The highest BCUT2D eigenvalue weighted by Gasteiger charge is 2.42. The maximum Gasteiger partial charge on any atom is 0.237 e. The van der Waals surface area contributed by atoms with Crippen LogP contribution in [0.1, 0.15) is 39.1 Å². The molecule has 0 atom stereocenters. The summed E-state index contributed by atoms with van der Waals surface area (Å²) in [5, 5.41) is 0. The van der Waals surface area contributed by atoms with Crippen LogP contribution in [0.2, 0.25) is 0 Å². The fourth-order valence-electron chi connectivity index (χ4n) is 3.60. The van der Waals surface area contributed by atoms with Crippen LogP contribution in [0.5, 0.6) is 0 Å². The summed E-state index contributed by atoms with van der Waals surface area (Å²) in [7, 11) is 0. The predicted octanol–water partition coefficient (Wildman–Crippen LogP) is 4.60. The molecule has 1 aromatic heterocycles. The van der Waals surface area contributed by atoms with E-state index in [2.05, 4.69) is 86.9 Å². The molecule has 0 amide bonds. The van der Waals surface area contributed by atoms with E-state index in [4.69, 9.17) is 4.98 Å². The van der Waals surface area contributed by atoms with E-state index in [1.54, 1.807) is 0 Å². The number of benzene rings is 2. The Hall–Kier alpha value is -2.48. The number of rotatable bonds is 1. The molecular formula is C21H21N2+. The van der Waals surface area contributed by atoms with Crippen LogP contribution in [0.15, 0.2) is 60.2 Å². The summed E-state index contributed by atoms with van der Waals surface area (Å²) in [6.07, 6.45) is 0. The molecule has 1 aliphatic carbocycles. The molecule has 1 aliphatic rings. The zero-order chi connectivity index (χ0) is 16.2. The fraction of sp³-hybridized carbons (Fsp3) is 0.238. The second-order valence-corrected chi connectivity index (χ2v) is 6.84. The highest BCUT2D eigenvalue weighted by Crippen LogP contribution is 2.44. The fourth-order valence-corrected chi connectivity index (χ4v) is 3.60. The van der Waals surface area contributed by atoms with Crippen molar-refractivity contribution in [1.29, 1.82) is 0 Å². The van der Waals surface area contributed by atoms with E-state index < -0.39 is 0 Å². The quantitative estimate of drug-likeness (QED) is 0.600. The highest BCUT2D eigenvalue weighted by molar-refractivity contribution is 5.79. The SMILES string of the molecule is CC1=C(C)C(C)(C)c2nc3ccccc3[n+](-c3ccccc3)c21. The molecule has 0 saturated carbocycles. The van der Waals surface area contributed by atoms with E-state index in [1.807, 2.05) is 0 Å². The standard InChI is InChI=1S/C21H21N2/c1-14-15(2)21(3,4)20-19(14)23(16-10-6-5-7-11-16)18-13-9-8-12-17(18)22-20/h5-13H,1-4H3/q+1. The number of fused-ring (bicyclic) bond motifs is 2. The molecule has 2 aromatic carbocycles. The predicted molar refractivity (Wildman–Crippen MR) is 94.6 cm³/mol. The molecule has 114 valence electrons. The average Bonchev–Trinajstić information content (AvgIpc) is 2.74. The molecule has 4 rings (SSSR count). The number of hydrogen-bond donors (Lipinski definition) is 0. The molecule has 0 bridgehead atoms. The van der Waals surface area contributed by atoms with Crippen molar-refractivity contribution in [2.24, 2.45) is 0 Å². The molecule has 0 N–H and O–H groups in total. The molecule has 1 heterocycles. The molecule has 0 radical (unpaired) electrons. The van der Waals surface area contributed by atoms with Crippen LogP contribution in [0.4, 0.5) is 0 Å². The summed E-state index contributed by atoms with van der Waals surface area (Å²) in [5.41, 5.74) is 8.53. The number of hydrogen-bond acceptors (Lipinski definition) is 1. The number of nitrogens with zero attached hydrogens (tertiary/aromatic N) is 2. The minimum Gasteiger partial charge on any atom is -0.239 e. The van der Waals surface area contributed by atoms with Crippen molar-refractivity contribution in [2.45, 2.75) is 33.1 Å². The van der Waals surface area contributed by atoms with Crippen molar-refractivity contribution >= 4 is 16.6 Å². The molecule has 0 unspecified atom stereocenters. The van der Waals surface area contributed by atoms with Gasteiger partial charge >= 0.3 is 0 Å². The lowest BCUT2D eigenvalue weighted by atomic mass is 9.85. The summed E-state index contributed by atoms with van der Waals surface area (Å²) in [5.74, 6) is 0. The molecular weight excluding hydrogens is 280 g/mol. The Kier molecular flexibility index (Phi) is 2.92. The van der Waals surface area contributed by atoms with Crippen molar-refractivity contribution in [3.63, 3.8) is 0 Å². The van der Waals surface area contributed by atoms with Crippen molar-refractivity contribution in [2.75, 3.05) is 0 Å². The lowest BCUT2D eigenvalue weighted by Gasteiger charge is -2.19. The van der Waals surface area contributed by atoms with Crippen LogP contribution in [-0.2, 0) is 5.41 Å². The molecule has 0 aliphatic heterocycles. The molecule has 2 nitrogen and oxygen atoms in total. The van der Waals surface area contributed by atoms with Gasteiger partial charge in [0.1, 0.15) is 11.2 Å². The minimum absolute atomic E-state index is 0.0278. The first kappa shape index (κ1) is 14.1. The normalized spacial score (nSPS) is 16.0. The maximum absolute atomic E-state index is 5.03. The van der Waals surface area contributed by atoms with Crippen molar-refractivity contribution < 1.29 is 4.57 Å². The van der Waals surface area contributed by atoms with Crippen LogP contribution in [0, 0.1) is 0 Å². The Morgan fingerprint density at radius 3 is 2.26 bits per heavy atom. The third-order valence-corrected chi connectivity index (χ3v) is 5.26. The van der Waals surface area contributed by atoms with Gasteiger partial charge in [0.05, 0.1) is 0 Å². The monoisotopic (exact) mass is 301 g/mol. The van der Waals surface area contributed by atoms with Gasteiger partial charge in [0, 0.05) is 29.2 Å². The molecule has 23 heavy (non-hydrogen) atoms. The van der Waals surface area contributed by atoms with Gasteiger partial charge in [-0.25, -0.2) is 4.98 Å². The van der Waals surface area contributed by atoms with Gasteiger partial charge in [0.2, 0.25) is 16.9 Å². The lowest BCUT2D eigenvalue weighted by Crippen LogP contribution is -2.38. The van der Waals surface area contributed by atoms with E-state index in [0.717, 1.165) is 11.0 Å². The van der Waals surface area contributed by atoms with Gasteiger partial charge in [-0.2, -0.15) is 0 Å². The Labute approximate surface area is 137 Å². The number of allylic oxidation sites excluding steroid dienone is 2. The van der Waals surface area contributed by atoms with Gasteiger partial charge in [-0.1, -0.05) is 49.8 Å². The second-order valence-electron chi connectivity index (χ2n) is 6.84. The van der Waals surface area contributed by atoms with E-state index in [0.29, 0.717) is 0 Å². The Morgan fingerprint density at radius 2 is 1.52 bits per heavy atom. The van der Waals surface area contributed by atoms with Gasteiger partial charge < -0.3 is 0 Å². The van der Waals surface area contributed by atoms with E-state index in [9.17, 15) is 0 Å². The highest BCUT2D eigenvalue weighted by atomic mass is 15.0. The summed E-state index contributed by atoms with van der Waals surface area (Å²) >= 11 is 0. The van der Waals surface area contributed by atoms with Crippen molar-refractivity contribution in [1.82, 2.24) is 4.98 Å². The van der Waals surface area contributed by atoms with Crippen molar-refractivity contribution in [3.05, 3.63) is 71.6 Å². The van der Waals surface area contributed by atoms with E-state index in [1.165, 1.54) is 28.2 Å². The smallest absolute Gasteiger partial charge is 0.237 e. The van der Waals surface area contributed by atoms with Gasteiger partial charge in [-0.3, -0.25) is 0 Å².